The topological polar surface area (TPSA) is 38.8 Å². The normalized spacial score (nSPS) is 20.7. The highest BCUT2D eigenvalue weighted by molar-refractivity contribution is 6.30. The smallest absolute Gasteiger partial charge is 0.410 e. The Hall–Kier alpha value is -2.56. The van der Waals surface area contributed by atoms with Gasteiger partial charge >= 0.3 is 6.09 Å². The van der Waals surface area contributed by atoms with Gasteiger partial charge < -0.3 is 14.4 Å². The Morgan fingerprint density at radius 3 is 2.40 bits per heavy atom. The molecule has 3 unspecified atom stereocenters. The molecule has 4 nitrogen and oxygen atoms in total. The summed E-state index contributed by atoms with van der Waals surface area (Å²) < 4.78 is 12.4. The molecule has 1 saturated heterocycles. The predicted molar refractivity (Wildman–Crippen MR) is 143 cm³/mol. The van der Waals surface area contributed by atoms with E-state index in [-0.39, 0.29) is 24.0 Å². The maximum atomic E-state index is 13.0. The van der Waals surface area contributed by atoms with E-state index in [0.29, 0.717) is 19.7 Å². The Morgan fingerprint density at radius 1 is 1.00 bits per heavy atom. The van der Waals surface area contributed by atoms with Crippen molar-refractivity contribution in [3.8, 4) is 0 Å². The zero-order valence-electron chi connectivity index (χ0n) is 21.2. The summed E-state index contributed by atoms with van der Waals surface area (Å²) in [6.45, 7) is 9.55. The first kappa shape index (κ1) is 25.5. The van der Waals surface area contributed by atoms with Crippen LogP contribution in [0.15, 0.2) is 66.7 Å². The van der Waals surface area contributed by atoms with Crippen LogP contribution in [0.25, 0.3) is 10.8 Å². The molecule has 1 amide bonds. The molecule has 0 radical (unpaired) electrons. The molecule has 1 aliphatic rings. The molecule has 1 aliphatic heterocycles. The lowest BCUT2D eigenvalue weighted by molar-refractivity contribution is -0.0539. The molecule has 0 aliphatic carbocycles. The van der Waals surface area contributed by atoms with Crippen LogP contribution in [-0.4, -0.2) is 35.8 Å². The van der Waals surface area contributed by atoms with E-state index in [1.54, 1.807) is 0 Å². The van der Waals surface area contributed by atoms with Crippen LogP contribution in [-0.2, 0) is 16.1 Å². The maximum Gasteiger partial charge on any atom is 0.410 e. The minimum absolute atomic E-state index is 0.152. The van der Waals surface area contributed by atoms with Crippen molar-refractivity contribution in [1.82, 2.24) is 4.90 Å². The van der Waals surface area contributed by atoms with Crippen molar-refractivity contribution in [2.45, 2.75) is 64.8 Å². The molecular formula is C30H36ClNO3. The van der Waals surface area contributed by atoms with E-state index in [0.717, 1.165) is 23.4 Å². The zero-order valence-corrected chi connectivity index (χ0v) is 21.9. The minimum Gasteiger partial charge on any atom is -0.444 e. The van der Waals surface area contributed by atoms with Crippen molar-refractivity contribution >= 4 is 28.5 Å². The molecule has 3 aromatic carbocycles. The summed E-state index contributed by atoms with van der Waals surface area (Å²) in [5, 5.41) is 3.14. The highest BCUT2D eigenvalue weighted by atomic mass is 35.5. The van der Waals surface area contributed by atoms with E-state index < -0.39 is 5.60 Å². The van der Waals surface area contributed by atoms with E-state index in [1.807, 2.05) is 37.8 Å². The van der Waals surface area contributed by atoms with Crippen LogP contribution in [0.4, 0.5) is 4.79 Å². The molecular weight excluding hydrogens is 458 g/mol. The molecule has 0 spiro atoms. The lowest BCUT2D eigenvalue weighted by atomic mass is 9.76. The Labute approximate surface area is 214 Å². The highest BCUT2D eigenvalue weighted by Gasteiger charge is 2.40. The van der Waals surface area contributed by atoms with Gasteiger partial charge in [0, 0.05) is 17.5 Å². The maximum absolute atomic E-state index is 13.0. The second-order valence-corrected chi connectivity index (χ2v) is 11.0. The van der Waals surface area contributed by atoms with E-state index in [2.05, 4.69) is 61.5 Å². The Kier molecular flexibility index (Phi) is 8.03. The van der Waals surface area contributed by atoms with Crippen molar-refractivity contribution in [1.29, 1.82) is 0 Å². The number of hydrogen-bond donors (Lipinski definition) is 0. The number of hydrogen-bond acceptors (Lipinski definition) is 3. The number of halogens is 1. The second kappa shape index (κ2) is 11.0. The molecule has 0 bridgehead atoms. The number of benzene rings is 3. The van der Waals surface area contributed by atoms with Gasteiger partial charge in [0.15, 0.2) is 0 Å². The number of carbonyl (C=O) groups excluding carboxylic acids is 1. The van der Waals surface area contributed by atoms with Gasteiger partial charge in [-0.1, -0.05) is 73.5 Å². The standard InChI is InChI=1S/C30H36ClNO3/c1-5-8-25-18-32(29(33)35-30(2,3)4)19-27(28(25)23-13-15-26(31)16-14-23)34-20-21-11-12-22-9-6-7-10-24(22)17-21/h6-7,9-17,25,27-28H,5,8,18-20H2,1-4H3. The summed E-state index contributed by atoms with van der Waals surface area (Å²) in [7, 11) is 0. The summed E-state index contributed by atoms with van der Waals surface area (Å²) in [4.78, 5) is 14.9. The van der Waals surface area contributed by atoms with Crippen LogP contribution in [0.5, 0.6) is 0 Å². The van der Waals surface area contributed by atoms with Crippen LogP contribution in [0.3, 0.4) is 0 Å². The van der Waals surface area contributed by atoms with Crippen molar-refractivity contribution < 1.29 is 14.3 Å². The van der Waals surface area contributed by atoms with Crippen LogP contribution < -0.4 is 0 Å². The van der Waals surface area contributed by atoms with E-state index in [1.165, 1.54) is 16.3 Å². The summed E-state index contributed by atoms with van der Waals surface area (Å²) in [6, 6.07) is 22.9. The van der Waals surface area contributed by atoms with Crippen LogP contribution in [0, 0.1) is 5.92 Å². The van der Waals surface area contributed by atoms with Crippen LogP contribution in [0.1, 0.15) is 57.6 Å². The highest BCUT2D eigenvalue weighted by Crippen LogP contribution is 2.39. The summed E-state index contributed by atoms with van der Waals surface area (Å²) in [5.41, 5.74) is 1.80. The quantitative estimate of drug-likeness (QED) is 0.351. The van der Waals surface area contributed by atoms with Gasteiger partial charge in [0.1, 0.15) is 5.60 Å². The van der Waals surface area contributed by atoms with Crippen molar-refractivity contribution in [3.05, 3.63) is 82.9 Å². The average Bonchev–Trinajstić information content (AvgIpc) is 2.82. The van der Waals surface area contributed by atoms with E-state index >= 15 is 0 Å². The SMILES string of the molecule is CCCC1CN(C(=O)OC(C)(C)C)CC(OCc2ccc3ccccc3c2)C1c1ccc(Cl)cc1. The van der Waals surface area contributed by atoms with Gasteiger partial charge in [0.2, 0.25) is 0 Å². The number of ether oxygens (including phenoxy) is 2. The molecule has 3 aromatic rings. The molecule has 35 heavy (non-hydrogen) atoms. The van der Waals surface area contributed by atoms with Crippen molar-refractivity contribution in [2.75, 3.05) is 13.1 Å². The largest absolute Gasteiger partial charge is 0.444 e. The minimum atomic E-state index is -0.536. The Balaban J connectivity index is 1.61. The monoisotopic (exact) mass is 493 g/mol. The fourth-order valence-electron chi connectivity index (χ4n) is 5.08. The van der Waals surface area contributed by atoms with Gasteiger partial charge in [-0.05, 0) is 73.2 Å². The zero-order chi connectivity index (χ0) is 25.0. The summed E-state index contributed by atoms with van der Waals surface area (Å²) in [6.07, 6.45) is 1.62. The fourth-order valence-corrected chi connectivity index (χ4v) is 5.21. The third-order valence-electron chi connectivity index (χ3n) is 6.61. The second-order valence-electron chi connectivity index (χ2n) is 10.5. The molecule has 0 saturated carbocycles. The molecule has 186 valence electrons. The Morgan fingerprint density at radius 2 is 1.71 bits per heavy atom. The van der Waals surface area contributed by atoms with Gasteiger partial charge in [-0.15, -0.1) is 0 Å². The van der Waals surface area contributed by atoms with Gasteiger partial charge in [0.05, 0.1) is 19.3 Å². The molecule has 1 heterocycles. The first-order chi connectivity index (χ1) is 16.7. The van der Waals surface area contributed by atoms with Crippen LogP contribution in [0.2, 0.25) is 5.02 Å². The van der Waals surface area contributed by atoms with Gasteiger partial charge in [-0.25, -0.2) is 4.79 Å². The van der Waals surface area contributed by atoms with Crippen molar-refractivity contribution in [2.24, 2.45) is 5.92 Å². The first-order valence-corrected chi connectivity index (χ1v) is 12.9. The fraction of sp³-hybridized carbons (Fsp3) is 0.433. The lowest BCUT2D eigenvalue weighted by Crippen LogP contribution is -2.52. The first-order valence-electron chi connectivity index (χ1n) is 12.6. The lowest BCUT2D eigenvalue weighted by Gasteiger charge is -2.44. The molecule has 0 N–H and O–H groups in total. The third-order valence-corrected chi connectivity index (χ3v) is 6.86. The number of fused-ring (bicyclic) bond motifs is 1. The van der Waals surface area contributed by atoms with Gasteiger partial charge in [0.25, 0.3) is 0 Å². The summed E-state index contributed by atoms with van der Waals surface area (Å²) in [5.74, 6) is 0.440. The van der Waals surface area contributed by atoms with E-state index in [9.17, 15) is 4.79 Å². The molecule has 1 fully saturated rings. The number of likely N-dealkylation sites (tertiary alicyclic amines) is 1. The Bertz CT molecular complexity index is 1140. The molecule has 5 heteroatoms. The number of rotatable bonds is 6. The summed E-state index contributed by atoms with van der Waals surface area (Å²) >= 11 is 6.20. The third kappa shape index (κ3) is 6.56. The average molecular weight is 494 g/mol. The van der Waals surface area contributed by atoms with Gasteiger partial charge in [-0.3, -0.25) is 0 Å². The van der Waals surface area contributed by atoms with Gasteiger partial charge in [-0.2, -0.15) is 0 Å². The van der Waals surface area contributed by atoms with Crippen LogP contribution >= 0.6 is 11.6 Å². The number of piperidine rings is 1. The number of carbonyl (C=O) groups is 1. The van der Waals surface area contributed by atoms with E-state index in [4.69, 9.17) is 21.1 Å². The molecule has 3 atom stereocenters. The van der Waals surface area contributed by atoms with Crippen molar-refractivity contribution in [3.63, 3.8) is 0 Å². The molecule has 4 rings (SSSR count). The number of nitrogens with zero attached hydrogens (tertiary/aromatic N) is 1. The molecule has 0 aromatic heterocycles. The number of amides is 1. The predicted octanol–water partition coefficient (Wildman–Crippen LogP) is 7.83.